The Kier molecular flexibility index (Phi) is 4.88. The zero-order valence-electron chi connectivity index (χ0n) is 11.6. The SMILES string of the molecule is CCCn1cc(Cl)cc1C(=O)NC1CCNC(C)C1. The maximum Gasteiger partial charge on any atom is 0.268 e. The summed E-state index contributed by atoms with van der Waals surface area (Å²) in [5.41, 5.74) is 0.665. The fourth-order valence-corrected chi connectivity index (χ4v) is 2.83. The molecule has 0 spiro atoms. The van der Waals surface area contributed by atoms with Gasteiger partial charge in [0.05, 0.1) is 5.02 Å². The Labute approximate surface area is 119 Å². The van der Waals surface area contributed by atoms with Crippen molar-refractivity contribution in [2.45, 2.75) is 51.7 Å². The lowest BCUT2D eigenvalue weighted by Crippen LogP contribution is -2.46. The number of carbonyl (C=O) groups is 1. The fourth-order valence-electron chi connectivity index (χ4n) is 2.61. The van der Waals surface area contributed by atoms with E-state index in [1.807, 2.05) is 10.8 Å². The molecule has 1 aromatic rings. The number of rotatable bonds is 4. The number of halogens is 1. The smallest absolute Gasteiger partial charge is 0.268 e. The normalized spacial score (nSPS) is 23.3. The molecule has 0 bridgehead atoms. The zero-order valence-corrected chi connectivity index (χ0v) is 12.3. The zero-order chi connectivity index (χ0) is 13.8. The molecule has 1 aliphatic rings. The Morgan fingerprint density at radius 1 is 1.63 bits per heavy atom. The molecule has 2 N–H and O–H groups in total. The van der Waals surface area contributed by atoms with E-state index in [1.54, 1.807) is 6.07 Å². The monoisotopic (exact) mass is 283 g/mol. The largest absolute Gasteiger partial charge is 0.348 e. The highest BCUT2D eigenvalue weighted by Gasteiger charge is 2.22. The van der Waals surface area contributed by atoms with E-state index in [9.17, 15) is 4.79 Å². The van der Waals surface area contributed by atoms with Crippen molar-refractivity contribution in [3.63, 3.8) is 0 Å². The Morgan fingerprint density at radius 2 is 2.42 bits per heavy atom. The van der Waals surface area contributed by atoms with Crippen LogP contribution in [0.15, 0.2) is 12.3 Å². The Hall–Kier alpha value is -1.00. The van der Waals surface area contributed by atoms with E-state index in [2.05, 4.69) is 24.5 Å². The van der Waals surface area contributed by atoms with Crippen molar-refractivity contribution in [3.05, 3.63) is 23.0 Å². The number of hydrogen-bond donors (Lipinski definition) is 2. The predicted molar refractivity (Wildman–Crippen MR) is 77.7 cm³/mol. The summed E-state index contributed by atoms with van der Waals surface area (Å²) in [6.07, 6.45) is 4.77. The number of aromatic nitrogens is 1. The third-order valence-corrected chi connectivity index (χ3v) is 3.73. The summed E-state index contributed by atoms with van der Waals surface area (Å²) in [7, 11) is 0. The summed E-state index contributed by atoms with van der Waals surface area (Å²) in [5.74, 6) is -0.0144. The predicted octanol–water partition coefficient (Wildman–Crippen LogP) is 2.42. The number of nitrogens with one attached hydrogen (secondary N) is 2. The highest BCUT2D eigenvalue weighted by Crippen LogP contribution is 2.16. The first-order valence-corrected chi connectivity index (χ1v) is 7.38. The van der Waals surface area contributed by atoms with Crippen molar-refractivity contribution in [1.82, 2.24) is 15.2 Å². The second-order valence-corrected chi connectivity index (χ2v) is 5.72. The molecule has 5 heteroatoms. The van der Waals surface area contributed by atoms with Crippen molar-refractivity contribution < 1.29 is 4.79 Å². The molecule has 2 rings (SSSR count). The first-order valence-electron chi connectivity index (χ1n) is 7.00. The number of nitrogens with zero attached hydrogens (tertiary/aromatic N) is 1. The van der Waals surface area contributed by atoms with E-state index in [0.29, 0.717) is 16.8 Å². The van der Waals surface area contributed by atoms with E-state index in [4.69, 9.17) is 11.6 Å². The average molecular weight is 284 g/mol. The quantitative estimate of drug-likeness (QED) is 0.891. The maximum absolute atomic E-state index is 12.3. The highest BCUT2D eigenvalue weighted by molar-refractivity contribution is 6.31. The van der Waals surface area contributed by atoms with Gasteiger partial charge < -0.3 is 15.2 Å². The van der Waals surface area contributed by atoms with E-state index in [-0.39, 0.29) is 11.9 Å². The molecule has 106 valence electrons. The molecule has 1 amide bonds. The van der Waals surface area contributed by atoms with Gasteiger partial charge in [0.2, 0.25) is 0 Å². The second-order valence-electron chi connectivity index (χ2n) is 5.29. The Balaban J connectivity index is 2.02. The first kappa shape index (κ1) is 14.4. The van der Waals surface area contributed by atoms with Crippen LogP contribution >= 0.6 is 11.6 Å². The topological polar surface area (TPSA) is 46.1 Å². The molecule has 0 aromatic carbocycles. The van der Waals surface area contributed by atoms with Gasteiger partial charge in [0.15, 0.2) is 0 Å². The minimum absolute atomic E-state index is 0.0144. The molecule has 2 heterocycles. The Morgan fingerprint density at radius 3 is 3.11 bits per heavy atom. The summed E-state index contributed by atoms with van der Waals surface area (Å²) in [6.45, 7) is 6.01. The van der Waals surface area contributed by atoms with Crippen LogP contribution in [-0.2, 0) is 6.54 Å². The molecule has 2 unspecified atom stereocenters. The molecule has 19 heavy (non-hydrogen) atoms. The van der Waals surface area contributed by atoms with E-state index in [1.165, 1.54) is 0 Å². The van der Waals surface area contributed by atoms with E-state index >= 15 is 0 Å². The summed E-state index contributed by atoms with van der Waals surface area (Å²) in [5, 5.41) is 7.12. The molecule has 1 saturated heterocycles. The van der Waals surface area contributed by atoms with Crippen LogP contribution in [0, 0.1) is 0 Å². The first-order chi connectivity index (χ1) is 9.10. The molecular weight excluding hydrogens is 262 g/mol. The van der Waals surface area contributed by atoms with Crippen molar-refractivity contribution >= 4 is 17.5 Å². The number of aryl methyl sites for hydroxylation is 1. The standard InChI is InChI=1S/C14H22ClN3O/c1-3-6-18-9-11(15)8-13(18)14(19)17-12-4-5-16-10(2)7-12/h8-10,12,16H,3-7H2,1-2H3,(H,17,19). The van der Waals surface area contributed by atoms with Gasteiger partial charge in [0.1, 0.15) is 5.69 Å². The van der Waals surface area contributed by atoms with Gasteiger partial charge in [-0.05, 0) is 38.8 Å². The van der Waals surface area contributed by atoms with Gasteiger partial charge in [0, 0.05) is 24.8 Å². The van der Waals surface area contributed by atoms with Crippen molar-refractivity contribution in [1.29, 1.82) is 0 Å². The van der Waals surface area contributed by atoms with Gasteiger partial charge in [-0.15, -0.1) is 0 Å². The van der Waals surface area contributed by atoms with Crippen LogP contribution in [0.3, 0.4) is 0 Å². The summed E-state index contributed by atoms with van der Waals surface area (Å²) in [4.78, 5) is 12.3. The van der Waals surface area contributed by atoms with Crippen LogP contribution in [0.1, 0.15) is 43.6 Å². The van der Waals surface area contributed by atoms with Crippen LogP contribution in [0.2, 0.25) is 5.02 Å². The lowest BCUT2D eigenvalue weighted by Gasteiger charge is -2.28. The number of carbonyl (C=O) groups excluding carboxylic acids is 1. The number of amides is 1. The van der Waals surface area contributed by atoms with E-state index < -0.39 is 0 Å². The number of hydrogen-bond acceptors (Lipinski definition) is 2. The molecule has 4 nitrogen and oxygen atoms in total. The second kappa shape index (κ2) is 6.44. The van der Waals surface area contributed by atoms with Gasteiger partial charge in [-0.3, -0.25) is 4.79 Å². The minimum Gasteiger partial charge on any atom is -0.348 e. The van der Waals surface area contributed by atoms with Gasteiger partial charge in [-0.25, -0.2) is 0 Å². The molecule has 1 aromatic heterocycles. The molecule has 1 fully saturated rings. The summed E-state index contributed by atoms with van der Waals surface area (Å²) >= 11 is 6.00. The third-order valence-electron chi connectivity index (χ3n) is 3.52. The van der Waals surface area contributed by atoms with Crippen LogP contribution in [0.25, 0.3) is 0 Å². The maximum atomic E-state index is 12.3. The number of piperidine rings is 1. The van der Waals surface area contributed by atoms with Gasteiger partial charge in [-0.1, -0.05) is 18.5 Å². The van der Waals surface area contributed by atoms with Crippen LogP contribution in [0.4, 0.5) is 0 Å². The molecule has 2 atom stereocenters. The molecule has 1 aliphatic heterocycles. The third kappa shape index (κ3) is 3.74. The van der Waals surface area contributed by atoms with Gasteiger partial charge in [-0.2, -0.15) is 0 Å². The summed E-state index contributed by atoms with van der Waals surface area (Å²) in [6, 6.07) is 2.47. The van der Waals surface area contributed by atoms with Gasteiger partial charge >= 0.3 is 0 Å². The van der Waals surface area contributed by atoms with E-state index in [0.717, 1.165) is 32.4 Å². The molecule has 0 radical (unpaired) electrons. The molecular formula is C14H22ClN3O. The highest BCUT2D eigenvalue weighted by atomic mass is 35.5. The van der Waals surface area contributed by atoms with Crippen LogP contribution < -0.4 is 10.6 Å². The Bertz CT molecular complexity index is 444. The fraction of sp³-hybridized carbons (Fsp3) is 0.643. The lowest BCUT2D eigenvalue weighted by atomic mass is 10.0. The van der Waals surface area contributed by atoms with Crippen LogP contribution in [0.5, 0.6) is 0 Å². The van der Waals surface area contributed by atoms with Crippen molar-refractivity contribution in [3.8, 4) is 0 Å². The van der Waals surface area contributed by atoms with Crippen molar-refractivity contribution in [2.75, 3.05) is 6.54 Å². The van der Waals surface area contributed by atoms with Gasteiger partial charge in [0.25, 0.3) is 5.91 Å². The average Bonchev–Trinajstić information content (AvgIpc) is 2.71. The minimum atomic E-state index is -0.0144. The molecule has 0 aliphatic carbocycles. The van der Waals surface area contributed by atoms with Crippen molar-refractivity contribution in [2.24, 2.45) is 0 Å². The summed E-state index contributed by atoms with van der Waals surface area (Å²) < 4.78 is 1.93. The lowest BCUT2D eigenvalue weighted by molar-refractivity contribution is 0.0916. The molecule has 0 saturated carbocycles. The van der Waals surface area contributed by atoms with Crippen LogP contribution in [-0.4, -0.2) is 29.1 Å².